The van der Waals surface area contributed by atoms with Gasteiger partial charge >= 0.3 is 0 Å². The molecule has 3 aromatic rings. The number of aliphatic hydroxyl groups is 2. The quantitative estimate of drug-likeness (QED) is 0.0588. The van der Waals surface area contributed by atoms with Crippen LogP contribution >= 0.6 is 0 Å². The number of aliphatic hydroxyl groups excluding tert-OH is 2. The minimum absolute atomic E-state index is 0.0295. The van der Waals surface area contributed by atoms with E-state index in [1.165, 1.54) is 19.3 Å². The summed E-state index contributed by atoms with van der Waals surface area (Å²) in [6, 6.07) is 5.73. The molecular weight excluding hydrogens is 702 g/mol. The summed E-state index contributed by atoms with van der Waals surface area (Å²) in [6.45, 7) is -0.800. The summed E-state index contributed by atoms with van der Waals surface area (Å²) in [5.74, 6) is -8.08. The van der Waals surface area contributed by atoms with Gasteiger partial charge in [-0.1, -0.05) is 0 Å². The average molecular weight is 744 g/mol. The molecule has 0 aliphatic heterocycles. The molecule has 0 saturated carbocycles. The fraction of sp³-hybridized carbons (Fsp3) is 0.333. The lowest BCUT2D eigenvalue weighted by Crippen LogP contribution is -2.43. The predicted octanol–water partition coefficient (Wildman–Crippen LogP) is -2.75. The first-order valence-electron chi connectivity index (χ1n) is 16.1. The zero-order chi connectivity index (χ0) is 39.2. The van der Waals surface area contributed by atoms with E-state index in [0.29, 0.717) is 0 Å². The molecule has 0 atom stereocenters. The highest BCUT2D eigenvalue weighted by Crippen LogP contribution is 2.33. The summed E-state index contributed by atoms with van der Waals surface area (Å²) in [4.78, 5) is 76.4. The van der Waals surface area contributed by atoms with E-state index in [2.05, 4.69) is 26.6 Å². The van der Waals surface area contributed by atoms with Crippen LogP contribution in [0.4, 0.5) is 0 Å². The van der Waals surface area contributed by atoms with Gasteiger partial charge in [-0.25, -0.2) is 0 Å². The number of rotatable bonds is 18. The Morgan fingerprint density at radius 1 is 0.509 bits per heavy atom. The van der Waals surface area contributed by atoms with Gasteiger partial charge in [-0.2, -0.15) is 0 Å². The zero-order valence-corrected chi connectivity index (χ0v) is 28.5. The molecule has 1 heterocycles. The maximum absolute atomic E-state index is 12.9. The first-order chi connectivity index (χ1) is 25.2. The summed E-state index contributed by atoms with van der Waals surface area (Å²) in [5, 5.41) is 81.5. The SMILES string of the molecule is Cn1ccc(C(=O)NCCN(CCNC(=O)c2ccc(C(=O)NCCO)c(O)c2O)CCNC(=O)c2ccc(C(=O)NCCO)c(O)c2O)c(O)c1=O. The summed E-state index contributed by atoms with van der Waals surface area (Å²) in [5.41, 5.74) is -2.37. The zero-order valence-electron chi connectivity index (χ0n) is 28.5. The first-order valence-corrected chi connectivity index (χ1v) is 16.1. The highest BCUT2D eigenvalue weighted by atomic mass is 16.3. The van der Waals surface area contributed by atoms with Crippen molar-refractivity contribution in [2.75, 3.05) is 65.6 Å². The Morgan fingerprint density at radius 3 is 1.09 bits per heavy atom. The van der Waals surface area contributed by atoms with Crippen molar-refractivity contribution in [3.8, 4) is 28.7 Å². The lowest BCUT2D eigenvalue weighted by molar-refractivity contribution is 0.0922. The van der Waals surface area contributed by atoms with Gasteiger partial charge in [-0.15, -0.1) is 0 Å². The van der Waals surface area contributed by atoms with Crippen LogP contribution in [0.3, 0.4) is 0 Å². The summed E-state index contributed by atoms with van der Waals surface area (Å²) < 4.78 is 1.09. The molecule has 0 aliphatic carbocycles. The van der Waals surface area contributed by atoms with Crippen LogP contribution in [0.2, 0.25) is 0 Å². The first kappa shape index (κ1) is 41.0. The van der Waals surface area contributed by atoms with E-state index in [1.54, 1.807) is 4.90 Å². The molecule has 3 rings (SSSR count). The van der Waals surface area contributed by atoms with Gasteiger partial charge < -0.3 is 66.9 Å². The van der Waals surface area contributed by atoms with E-state index in [4.69, 9.17) is 10.2 Å². The molecule has 20 nitrogen and oxygen atoms in total. The number of benzene rings is 2. The van der Waals surface area contributed by atoms with Crippen LogP contribution in [-0.4, -0.2) is 140 Å². The molecular formula is C33H41N7O13. The van der Waals surface area contributed by atoms with E-state index >= 15 is 0 Å². The van der Waals surface area contributed by atoms with Gasteiger partial charge in [0.1, 0.15) is 0 Å². The van der Waals surface area contributed by atoms with Crippen LogP contribution in [-0.2, 0) is 7.05 Å². The van der Waals surface area contributed by atoms with Crippen LogP contribution < -0.4 is 32.1 Å². The number of nitrogens with one attached hydrogen (secondary N) is 5. The van der Waals surface area contributed by atoms with Crippen molar-refractivity contribution in [3.63, 3.8) is 0 Å². The second-order valence-corrected chi connectivity index (χ2v) is 11.3. The Kier molecular flexibility index (Phi) is 14.9. The number of nitrogens with zero attached hydrogens (tertiary/aromatic N) is 2. The number of aromatic hydroxyl groups is 5. The lowest BCUT2D eigenvalue weighted by atomic mass is 10.1. The summed E-state index contributed by atoms with van der Waals surface area (Å²) >= 11 is 0. The Morgan fingerprint density at radius 2 is 0.792 bits per heavy atom. The third-order valence-corrected chi connectivity index (χ3v) is 7.70. The van der Waals surface area contributed by atoms with Crippen molar-refractivity contribution in [1.82, 2.24) is 36.1 Å². The van der Waals surface area contributed by atoms with Crippen molar-refractivity contribution in [3.05, 3.63) is 74.7 Å². The van der Waals surface area contributed by atoms with Gasteiger partial charge in [-0.05, 0) is 30.3 Å². The summed E-state index contributed by atoms with van der Waals surface area (Å²) in [6.07, 6.45) is 1.31. The minimum atomic E-state index is -0.853. The monoisotopic (exact) mass is 743 g/mol. The topological polar surface area (TPSA) is 312 Å². The predicted molar refractivity (Wildman–Crippen MR) is 185 cm³/mol. The van der Waals surface area contributed by atoms with Gasteiger partial charge in [0.05, 0.1) is 41.0 Å². The maximum Gasteiger partial charge on any atom is 0.293 e. The van der Waals surface area contributed by atoms with E-state index in [9.17, 15) is 54.3 Å². The number of carbonyl (C=O) groups excluding carboxylic acids is 5. The Hall–Kier alpha value is -6.38. The smallest absolute Gasteiger partial charge is 0.293 e. The highest BCUT2D eigenvalue weighted by molar-refractivity contribution is 6.04. The number of pyridine rings is 1. The van der Waals surface area contributed by atoms with E-state index < -0.39 is 63.8 Å². The number of phenols is 4. The second-order valence-electron chi connectivity index (χ2n) is 11.3. The Labute approximate surface area is 301 Å². The average Bonchev–Trinajstić information content (AvgIpc) is 3.13. The number of hydrogen-bond acceptors (Lipinski definition) is 14. The maximum atomic E-state index is 12.9. The lowest BCUT2D eigenvalue weighted by Gasteiger charge is -2.23. The van der Waals surface area contributed by atoms with Gasteiger partial charge in [0.25, 0.3) is 35.1 Å². The largest absolute Gasteiger partial charge is 0.504 e. The number of aromatic nitrogens is 1. The molecule has 0 radical (unpaired) electrons. The number of carbonyl (C=O) groups is 5. The second kappa shape index (κ2) is 19.3. The van der Waals surface area contributed by atoms with Crippen LogP contribution in [0.5, 0.6) is 28.7 Å². The van der Waals surface area contributed by atoms with Crippen LogP contribution in [0.25, 0.3) is 0 Å². The fourth-order valence-electron chi connectivity index (χ4n) is 4.82. The third kappa shape index (κ3) is 10.6. The molecule has 1 aromatic heterocycles. The number of aryl methyl sites for hydroxylation is 1. The van der Waals surface area contributed by atoms with Crippen molar-refractivity contribution in [2.45, 2.75) is 0 Å². The molecule has 2 aromatic carbocycles. The van der Waals surface area contributed by atoms with Crippen molar-refractivity contribution in [1.29, 1.82) is 0 Å². The molecule has 53 heavy (non-hydrogen) atoms. The number of hydrogen-bond donors (Lipinski definition) is 12. The normalized spacial score (nSPS) is 10.8. The van der Waals surface area contributed by atoms with E-state index in [-0.39, 0.29) is 93.4 Å². The molecule has 0 spiro atoms. The van der Waals surface area contributed by atoms with Crippen LogP contribution in [0.1, 0.15) is 51.8 Å². The fourth-order valence-corrected chi connectivity index (χ4v) is 4.82. The molecule has 0 unspecified atom stereocenters. The Bertz CT molecular complexity index is 1800. The minimum Gasteiger partial charge on any atom is -0.504 e. The van der Waals surface area contributed by atoms with Gasteiger partial charge in [0, 0.05) is 65.6 Å². The highest BCUT2D eigenvalue weighted by Gasteiger charge is 2.23. The molecule has 0 bridgehead atoms. The number of amides is 5. The van der Waals surface area contributed by atoms with Gasteiger partial charge in [0.2, 0.25) is 0 Å². The van der Waals surface area contributed by atoms with Gasteiger partial charge in [-0.3, -0.25) is 33.7 Å². The Balaban J connectivity index is 1.67. The molecule has 0 fully saturated rings. The van der Waals surface area contributed by atoms with Gasteiger partial charge in [0.15, 0.2) is 28.7 Å². The molecule has 0 saturated heterocycles. The third-order valence-electron chi connectivity index (χ3n) is 7.70. The number of phenolic OH excluding ortho intramolecular Hbond substituents is 4. The van der Waals surface area contributed by atoms with Crippen LogP contribution in [0, 0.1) is 0 Å². The van der Waals surface area contributed by atoms with E-state index in [0.717, 1.165) is 28.8 Å². The van der Waals surface area contributed by atoms with E-state index in [1.807, 2.05) is 0 Å². The molecule has 20 heteroatoms. The van der Waals surface area contributed by atoms with Crippen molar-refractivity contribution < 1.29 is 59.7 Å². The summed E-state index contributed by atoms with van der Waals surface area (Å²) in [7, 11) is 1.40. The molecule has 5 amide bonds. The molecule has 286 valence electrons. The van der Waals surface area contributed by atoms with Crippen molar-refractivity contribution in [2.24, 2.45) is 7.05 Å². The van der Waals surface area contributed by atoms with Crippen LogP contribution in [0.15, 0.2) is 41.3 Å². The molecule has 12 N–H and O–H groups in total. The van der Waals surface area contributed by atoms with Crippen molar-refractivity contribution >= 4 is 29.5 Å². The molecule has 0 aliphatic rings. The standard InChI is InChI=1S/C33H41N7O13/c1-39-12-6-22(27(47)33(39)53)32(52)36-9-15-40(13-7-34-28(48)18-2-4-20(25(45)23(18)43)30(50)37-10-16-41)14-8-35-29(49)19-3-5-21(26(46)24(19)44)31(51)38-11-17-42/h2-6,12,41-47H,7-11,13-17H2,1H3,(H,34,48)(H,35,49)(H,36,52)(H,37,50)(H,38,51).